The molecule has 134 valence electrons. The third kappa shape index (κ3) is 3.70. The van der Waals surface area contributed by atoms with E-state index in [2.05, 4.69) is 5.32 Å². The third-order valence-corrected chi connectivity index (χ3v) is 4.13. The summed E-state index contributed by atoms with van der Waals surface area (Å²) in [5.74, 6) is -0.884. The fraction of sp³-hybridized carbons (Fsp3) is 0.158. The smallest absolute Gasteiger partial charge is 0.279 e. The molecule has 1 N–H and O–H groups in total. The number of ether oxygens (including phenoxy) is 1. The van der Waals surface area contributed by atoms with E-state index >= 15 is 0 Å². The summed E-state index contributed by atoms with van der Waals surface area (Å²) in [7, 11) is 0. The van der Waals surface area contributed by atoms with Gasteiger partial charge in [-0.05, 0) is 36.8 Å². The van der Waals surface area contributed by atoms with Crippen molar-refractivity contribution in [2.24, 2.45) is 0 Å². The van der Waals surface area contributed by atoms with Crippen LogP contribution in [0.3, 0.4) is 0 Å². The summed E-state index contributed by atoms with van der Waals surface area (Å²) in [5, 5.41) is 2.71. The normalized spacial score (nSPS) is 14.2. The molecule has 0 bridgehead atoms. The maximum Gasteiger partial charge on any atom is 0.279 e. The van der Waals surface area contributed by atoms with Gasteiger partial charge in [-0.15, -0.1) is 0 Å². The number of carbonyl (C=O) groups excluding carboxylic acids is 2. The molecule has 7 heteroatoms. The summed E-state index contributed by atoms with van der Waals surface area (Å²) in [6.45, 7) is 2.39. The summed E-state index contributed by atoms with van der Waals surface area (Å²) in [6.07, 6.45) is 0. The zero-order valence-corrected chi connectivity index (χ0v) is 14.7. The SMILES string of the molecule is CCOc1cccc(NC2=C(Cl)C(=O)N(Cc3ccc(F)cc3)C2=O)c1. The number of anilines is 1. The molecule has 0 spiro atoms. The topological polar surface area (TPSA) is 58.6 Å². The fourth-order valence-corrected chi connectivity index (χ4v) is 2.78. The van der Waals surface area contributed by atoms with Crippen molar-refractivity contribution >= 4 is 29.1 Å². The molecule has 2 aromatic rings. The van der Waals surface area contributed by atoms with Crippen molar-refractivity contribution in [1.82, 2.24) is 4.90 Å². The zero-order valence-electron chi connectivity index (χ0n) is 14.0. The first-order valence-corrected chi connectivity index (χ1v) is 8.37. The number of nitrogens with zero attached hydrogens (tertiary/aromatic N) is 1. The van der Waals surface area contributed by atoms with Crippen LogP contribution in [-0.2, 0) is 16.1 Å². The van der Waals surface area contributed by atoms with Gasteiger partial charge in [-0.2, -0.15) is 0 Å². The van der Waals surface area contributed by atoms with Crippen molar-refractivity contribution in [2.45, 2.75) is 13.5 Å². The van der Waals surface area contributed by atoms with Gasteiger partial charge >= 0.3 is 0 Å². The predicted molar refractivity (Wildman–Crippen MR) is 96.1 cm³/mol. The van der Waals surface area contributed by atoms with Gasteiger partial charge in [0, 0.05) is 11.8 Å². The Labute approximate surface area is 155 Å². The van der Waals surface area contributed by atoms with Crippen LogP contribution < -0.4 is 10.1 Å². The van der Waals surface area contributed by atoms with E-state index in [1.165, 1.54) is 24.3 Å². The molecule has 1 heterocycles. The van der Waals surface area contributed by atoms with E-state index < -0.39 is 11.8 Å². The van der Waals surface area contributed by atoms with Gasteiger partial charge in [0.15, 0.2) is 0 Å². The van der Waals surface area contributed by atoms with Gasteiger partial charge in [-0.3, -0.25) is 14.5 Å². The van der Waals surface area contributed by atoms with Gasteiger partial charge in [0.05, 0.1) is 13.2 Å². The molecule has 0 aromatic heterocycles. The lowest BCUT2D eigenvalue weighted by Crippen LogP contribution is -2.31. The molecule has 0 fully saturated rings. The van der Waals surface area contributed by atoms with Gasteiger partial charge in [0.1, 0.15) is 22.3 Å². The largest absolute Gasteiger partial charge is 0.494 e. The molecule has 2 amide bonds. The summed E-state index contributed by atoms with van der Waals surface area (Å²) >= 11 is 6.07. The van der Waals surface area contributed by atoms with Crippen LogP contribution in [-0.4, -0.2) is 23.3 Å². The Kier molecular flexibility index (Phi) is 5.23. The molecule has 2 aromatic carbocycles. The maximum absolute atomic E-state index is 13.0. The molecule has 26 heavy (non-hydrogen) atoms. The summed E-state index contributed by atoms with van der Waals surface area (Å²) < 4.78 is 18.4. The molecule has 0 unspecified atom stereocenters. The number of imide groups is 1. The van der Waals surface area contributed by atoms with Crippen LogP contribution in [0.25, 0.3) is 0 Å². The monoisotopic (exact) mass is 374 g/mol. The van der Waals surface area contributed by atoms with Crippen LogP contribution in [0.5, 0.6) is 5.75 Å². The van der Waals surface area contributed by atoms with E-state index in [1.54, 1.807) is 24.3 Å². The number of amides is 2. The number of hydrogen-bond donors (Lipinski definition) is 1. The van der Waals surface area contributed by atoms with E-state index in [4.69, 9.17) is 16.3 Å². The standard InChI is InChI=1S/C19H16ClFN2O3/c1-2-26-15-5-3-4-14(10-15)22-17-16(20)18(24)23(19(17)25)11-12-6-8-13(21)9-7-12/h3-10,22H,2,11H2,1H3. The van der Waals surface area contributed by atoms with Gasteiger partial charge in [-0.25, -0.2) is 4.39 Å². The minimum absolute atomic E-state index is 0.00688. The van der Waals surface area contributed by atoms with Crippen molar-refractivity contribution < 1.29 is 18.7 Å². The first kappa shape index (κ1) is 17.9. The number of hydrogen-bond acceptors (Lipinski definition) is 4. The van der Waals surface area contributed by atoms with E-state index in [1.807, 2.05) is 6.92 Å². The average molecular weight is 375 g/mol. The van der Waals surface area contributed by atoms with E-state index in [0.29, 0.717) is 23.6 Å². The van der Waals surface area contributed by atoms with Crippen molar-refractivity contribution in [3.8, 4) is 5.75 Å². The van der Waals surface area contributed by atoms with Crippen LogP contribution >= 0.6 is 11.6 Å². The average Bonchev–Trinajstić information content (AvgIpc) is 2.82. The van der Waals surface area contributed by atoms with E-state index in [-0.39, 0.29) is 23.1 Å². The molecule has 0 atom stereocenters. The second-order valence-corrected chi connectivity index (χ2v) is 5.98. The lowest BCUT2D eigenvalue weighted by Gasteiger charge is -2.15. The number of carbonyl (C=O) groups is 2. The van der Waals surface area contributed by atoms with E-state index in [9.17, 15) is 14.0 Å². The van der Waals surface area contributed by atoms with Crippen LogP contribution in [0.4, 0.5) is 10.1 Å². The summed E-state index contributed by atoms with van der Waals surface area (Å²) in [6, 6.07) is 12.6. The lowest BCUT2D eigenvalue weighted by atomic mass is 10.2. The van der Waals surface area contributed by atoms with Gasteiger partial charge in [0.25, 0.3) is 11.8 Å². The highest BCUT2D eigenvalue weighted by Gasteiger charge is 2.37. The second-order valence-electron chi connectivity index (χ2n) is 5.60. The van der Waals surface area contributed by atoms with Gasteiger partial charge in [0.2, 0.25) is 0 Å². The highest BCUT2D eigenvalue weighted by atomic mass is 35.5. The molecular weight excluding hydrogens is 359 g/mol. The number of nitrogens with one attached hydrogen (secondary N) is 1. The molecule has 5 nitrogen and oxygen atoms in total. The van der Waals surface area contributed by atoms with Crippen molar-refractivity contribution in [3.05, 3.63) is 70.6 Å². The molecule has 1 aliphatic rings. The molecule has 0 aliphatic carbocycles. The number of rotatable bonds is 6. The Morgan fingerprint density at radius 2 is 1.85 bits per heavy atom. The molecular formula is C19H16ClFN2O3. The Morgan fingerprint density at radius 1 is 1.12 bits per heavy atom. The highest BCUT2D eigenvalue weighted by molar-refractivity contribution is 6.48. The van der Waals surface area contributed by atoms with Crippen LogP contribution in [0.2, 0.25) is 0 Å². The Bertz CT molecular complexity index is 881. The van der Waals surface area contributed by atoms with Gasteiger partial charge < -0.3 is 10.1 Å². The lowest BCUT2D eigenvalue weighted by molar-refractivity contribution is -0.138. The van der Waals surface area contributed by atoms with Gasteiger partial charge in [-0.1, -0.05) is 29.8 Å². The Hall–Kier alpha value is -2.86. The molecule has 0 radical (unpaired) electrons. The second kappa shape index (κ2) is 7.58. The van der Waals surface area contributed by atoms with Crippen LogP contribution in [0, 0.1) is 5.82 Å². The number of benzene rings is 2. The molecule has 3 rings (SSSR count). The fourth-order valence-electron chi connectivity index (χ4n) is 2.55. The Balaban J connectivity index is 1.78. The minimum Gasteiger partial charge on any atom is -0.494 e. The van der Waals surface area contributed by atoms with Crippen LogP contribution in [0.15, 0.2) is 59.3 Å². The first-order chi connectivity index (χ1) is 12.5. The quantitative estimate of drug-likeness (QED) is 0.784. The molecule has 1 aliphatic heterocycles. The van der Waals surface area contributed by atoms with Crippen molar-refractivity contribution in [1.29, 1.82) is 0 Å². The summed E-state index contributed by atoms with van der Waals surface area (Å²) in [5.41, 5.74) is 1.21. The Morgan fingerprint density at radius 3 is 2.54 bits per heavy atom. The predicted octanol–water partition coefficient (Wildman–Crippen LogP) is 3.66. The zero-order chi connectivity index (χ0) is 18.7. The summed E-state index contributed by atoms with van der Waals surface area (Å²) in [4.78, 5) is 26.0. The highest BCUT2D eigenvalue weighted by Crippen LogP contribution is 2.28. The maximum atomic E-state index is 13.0. The molecule has 0 saturated heterocycles. The van der Waals surface area contributed by atoms with E-state index in [0.717, 1.165) is 4.90 Å². The first-order valence-electron chi connectivity index (χ1n) is 8.00. The van der Waals surface area contributed by atoms with Crippen LogP contribution in [0.1, 0.15) is 12.5 Å². The molecule has 0 saturated carbocycles. The minimum atomic E-state index is -0.593. The van der Waals surface area contributed by atoms with Crippen molar-refractivity contribution in [2.75, 3.05) is 11.9 Å². The third-order valence-electron chi connectivity index (χ3n) is 3.78. The number of halogens is 2. The van der Waals surface area contributed by atoms with Crippen molar-refractivity contribution in [3.63, 3.8) is 0 Å².